The van der Waals surface area contributed by atoms with E-state index >= 15 is 0 Å². The van der Waals surface area contributed by atoms with Gasteiger partial charge in [0.1, 0.15) is 11.9 Å². The fourth-order valence-electron chi connectivity index (χ4n) is 3.70. The van der Waals surface area contributed by atoms with Crippen molar-refractivity contribution < 1.29 is 9.53 Å². The standard InChI is InChI=1S/C22H25N3O2/c1-16(23-22(26)20-12-7-15-27-20)21-24-18-10-5-6-11-19(18)25(21)14-13-17-8-3-2-4-9-17/h2-6,8-11,16,20H,7,12-15H2,1H3,(H,23,26). The maximum Gasteiger partial charge on any atom is 0.249 e. The molecule has 1 aromatic heterocycles. The van der Waals surface area contributed by atoms with Gasteiger partial charge in [0.15, 0.2) is 0 Å². The number of aromatic nitrogens is 2. The normalized spacial score (nSPS) is 17.9. The topological polar surface area (TPSA) is 56.1 Å². The van der Waals surface area contributed by atoms with Crippen LogP contribution in [0.5, 0.6) is 0 Å². The van der Waals surface area contributed by atoms with Crippen LogP contribution in [0.25, 0.3) is 11.0 Å². The van der Waals surface area contributed by atoms with E-state index in [2.05, 4.69) is 40.2 Å². The van der Waals surface area contributed by atoms with E-state index in [-0.39, 0.29) is 18.1 Å². The number of hydrogen-bond donors (Lipinski definition) is 1. The molecule has 2 heterocycles. The zero-order valence-corrected chi connectivity index (χ0v) is 15.6. The van der Waals surface area contributed by atoms with Gasteiger partial charge in [-0.2, -0.15) is 0 Å². The maximum absolute atomic E-state index is 12.5. The molecule has 2 aromatic carbocycles. The minimum Gasteiger partial charge on any atom is -0.368 e. The number of nitrogens with zero attached hydrogens (tertiary/aromatic N) is 2. The van der Waals surface area contributed by atoms with Gasteiger partial charge in [-0.05, 0) is 43.9 Å². The third-order valence-corrected chi connectivity index (χ3v) is 5.12. The van der Waals surface area contributed by atoms with Crippen LogP contribution < -0.4 is 5.32 Å². The molecule has 5 heteroatoms. The highest BCUT2D eigenvalue weighted by atomic mass is 16.5. The Kier molecular flexibility index (Phi) is 5.21. The van der Waals surface area contributed by atoms with Gasteiger partial charge in [-0.1, -0.05) is 42.5 Å². The van der Waals surface area contributed by atoms with Crippen LogP contribution in [0.15, 0.2) is 54.6 Å². The van der Waals surface area contributed by atoms with Crippen molar-refractivity contribution in [3.05, 3.63) is 66.0 Å². The summed E-state index contributed by atoms with van der Waals surface area (Å²) in [5.74, 6) is 0.847. The van der Waals surface area contributed by atoms with Crippen LogP contribution >= 0.6 is 0 Å². The molecular weight excluding hydrogens is 338 g/mol. The van der Waals surface area contributed by atoms with E-state index in [9.17, 15) is 4.79 Å². The molecule has 0 bridgehead atoms. The van der Waals surface area contributed by atoms with E-state index in [1.165, 1.54) is 5.56 Å². The van der Waals surface area contributed by atoms with E-state index in [1.54, 1.807) is 0 Å². The highest BCUT2D eigenvalue weighted by molar-refractivity contribution is 5.81. The molecule has 4 rings (SSSR count). The second-order valence-corrected chi connectivity index (χ2v) is 7.08. The molecule has 3 aromatic rings. The molecule has 140 valence electrons. The van der Waals surface area contributed by atoms with Gasteiger partial charge in [0, 0.05) is 13.2 Å². The largest absolute Gasteiger partial charge is 0.368 e. The lowest BCUT2D eigenvalue weighted by Crippen LogP contribution is -2.36. The second kappa shape index (κ2) is 7.92. The van der Waals surface area contributed by atoms with Crippen LogP contribution in [0.1, 0.15) is 37.2 Å². The SMILES string of the molecule is CC(NC(=O)C1CCCO1)c1nc2ccccc2n1CCc1ccccc1. The summed E-state index contributed by atoms with van der Waals surface area (Å²) in [6.45, 7) is 3.48. The number of carbonyl (C=O) groups excluding carboxylic acids is 1. The van der Waals surface area contributed by atoms with Crippen LogP contribution in [0.3, 0.4) is 0 Å². The van der Waals surface area contributed by atoms with E-state index in [4.69, 9.17) is 9.72 Å². The molecule has 1 aliphatic rings. The van der Waals surface area contributed by atoms with Crippen molar-refractivity contribution in [1.82, 2.24) is 14.9 Å². The summed E-state index contributed by atoms with van der Waals surface area (Å²) in [7, 11) is 0. The van der Waals surface area contributed by atoms with Crippen molar-refractivity contribution in [1.29, 1.82) is 0 Å². The summed E-state index contributed by atoms with van der Waals surface area (Å²) in [6.07, 6.45) is 2.33. The van der Waals surface area contributed by atoms with Gasteiger partial charge in [0.2, 0.25) is 5.91 Å². The molecule has 1 N–H and O–H groups in total. The number of rotatable bonds is 6. The quantitative estimate of drug-likeness (QED) is 0.727. The second-order valence-electron chi connectivity index (χ2n) is 7.08. The molecule has 2 unspecified atom stereocenters. The molecule has 0 spiro atoms. The molecule has 1 aliphatic heterocycles. The molecule has 1 amide bonds. The van der Waals surface area contributed by atoms with Gasteiger partial charge in [-0.3, -0.25) is 4.79 Å². The first kappa shape index (κ1) is 17.7. The number of aryl methyl sites for hydroxylation is 2. The Balaban J connectivity index is 1.58. The van der Waals surface area contributed by atoms with E-state index < -0.39 is 0 Å². The fraction of sp³-hybridized carbons (Fsp3) is 0.364. The molecule has 1 saturated heterocycles. The van der Waals surface area contributed by atoms with E-state index in [0.717, 1.165) is 42.7 Å². The van der Waals surface area contributed by atoms with Crippen molar-refractivity contribution >= 4 is 16.9 Å². The van der Waals surface area contributed by atoms with Gasteiger partial charge in [-0.25, -0.2) is 4.98 Å². The number of benzene rings is 2. The van der Waals surface area contributed by atoms with E-state index in [0.29, 0.717) is 6.61 Å². The summed E-state index contributed by atoms with van der Waals surface area (Å²) < 4.78 is 7.73. The lowest BCUT2D eigenvalue weighted by atomic mass is 10.1. The fourth-order valence-corrected chi connectivity index (χ4v) is 3.70. The zero-order chi connectivity index (χ0) is 18.6. The first-order valence-electron chi connectivity index (χ1n) is 9.63. The van der Waals surface area contributed by atoms with Crippen LogP contribution in [0.4, 0.5) is 0 Å². The number of hydrogen-bond acceptors (Lipinski definition) is 3. The average molecular weight is 363 g/mol. The molecule has 0 saturated carbocycles. The molecule has 0 aliphatic carbocycles. The van der Waals surface area contributed by atoms with Crippen molar-refractivity contribution in [3.8, 4) is 0 Å². The van der Waals surface area contributed by atoms with Crippen LogP contribution in [0, 0.1) is 0 Å². The highest BCUT2D eigenvalue weighted by Crippen LogP contribution is 2.22. The third-order valence-electron chi connectivity index (χ3n) is 5.12. The van der Waals surface area contributed by atoms with Crippen molar-refractivity contribution in [2.45, 2.75) is 44.9 Å². The first-order chi connectivity index (χ1) is 13.2. The van der Waals surface area contributed by atoms with Crippen LogP contribution in [-0.2, 0) is 22.5 Å². The Labute approximate surface area is 159 Å². The number of para-hydroxylation sites is 2. The van der Waals surface area contributed by atoms with Crippen LogP contribution in [0.2, 0.25) is 0 Å². The van der Waals surface area contributed by atoms with Crippen molar-refractivity contribution in [3.63, 3.8) is 0 Å². The van der Waals surface area contributed by atoms with Crippen molar-refractivity contribution in [2.75, 3.05) is 6.61 Å². The summed E-state index contributed by atoms with van der Waals surface area (Å²) >= 11 is 0. The molecular formula is C22H25N3O2. The van der Waals surface area contributed by atoms with Gasteiger partial charge in [0.05, 0.1) is 17.1 Å². The lowest BCUT2D eigenvalue weighted by molar-refractivity contribution is -0.130. The number of nitrogens with one attached hydrogen (secondary N) is 1. The molecule has 0 radical (unpaired) electrons. The molecule has 1 fully saturated rings. The Bertz CT molecular complexity index is 914. The lowest BCUT2D eigenvalue weighted by Gasteiger charge is -2.18. The van der Waals surface area contributed by atoms with Gasteiger partial charge < -0.3 is 14.6 Å². The van der Waals surface area contributed by atoms with E-state index in [1.807, 2.05) is 31.2 Å². The summed E-state index contributed by atoms with van der Waals surface area (Å²) in [5.41, 5.74) is 3.35. The predicted molar refractivity (Wildman–Crippen MR) is 105 cm³/mol. The average Bonchev–Trinajstić information content (AvgIpc) is 3.35. The molecule has 5 nitrogen and oxygen atoms in total. The number of fused-ring (bicyclic) bond motifs is 1. The van der Waals surface area contributed by atoms with Gasteiger partial charge in [-0.15, -0.1) is 0 Å². The maximum atomic E-state index is 12.5. The summed E-state index contributed by atoms with van der Waals surface area (Å²) in [6, 6.07) is 18.4. The number of ether oxygens (including phenoxy) is 1. The monoisotopic (exact) mass is 363 g/mol. The number of amides is 1. The molecule has 2 atom stereocenters. The Morgan fingerprint density at radius 3 is 2.78 bits per heavy atom. The van der Waals surface area contributed by atoms with Crippen molar-refractivity contribution in [2.24, 2.45) is 0 Å². The molecule has 27 heavy (non-hydrogen) atoms. The first-order valence-corrected chi connectivity index (χ1v) is 9.63. The predicted octanol–water partition coefficient (Wildman–Crippen LogP) is 3.64. The third kappa shape index (κ3) is 3.88. The highest BCUT2D eigenvalue weighted by Gasteiger charge is 2.26. The van der Waals surface area contributed by atoms with Gasteiger partial charge >= 0.3 is 0 Å². The minimum atomic E-state index is -0.324. The Morgan fingerprint density at radius 2 is 2.00 bits per heavy atom. The summed E-state index contributed by atoms with van der Waals surface area (Å²) in [5, 5.41) is 3.09. The number of imidazole rings is 1. The Hall–Kier alpha value is -2.66. The zero-order valence-electron chi connectivity index (χ0n) is 15.6. The minimum absolute atomic E-state index is 0.0401. The van der Waals surface area contributed by atoms with Gasteiger partial charge in [0.25, 0.3) is 0 Å². The summed E-state index contributed by atoms with van der Waals surface area (Å²) in [4.78, 5) is 17.3. The smallest absolute Gasteiger partial charge is 0.249 e. The number of carbonyl (C=O) groups is 1. The van der Waals surface area contributed by atoms with Crippen LogP contribution in [-0.4, -0.2) is 28.2 Å². The Morgan fingerprint density at radius 1 is 1.22 bits per heavy atom.